The molecule has 0 amide bonds. The third-order valence-electron chi connectivity index (χ3n) is 3.51. The molecule has 2 heterocycles. The molecule has 0 saturated carbocycles. The van der Waals surface area contributed by atoms with E-state index in [1.807, 2.05) is 13.8 Å². The van der Waals surface area contributed by atoms with E-state index in [-0.39, 0.29) is 24.1 Å². The molecule has 128 valence electrons. The van der Waals surface area contributed by atoms with Crippen LogP contribution in [0.1, 0.15) is 16.2 Å². The average Bonchev–Trinajstić information content (AvgIpc) is 2.70. The van der Waals surface area contributed by atoms with Gasteiger partial charge >= 0.3 is 11.9 Å². The molecule has 1 aliphatic rings. The molecule has 0 bridgehead atoms. The molecule has 0 aromatic carbocycles. The number of carboxylic acids is 1. The summed E-state index contributed by atoms with van der Waals surface area (Å²) in [5.74, 6) is 0.0315. The van der Waals surface area contributed by atoms with Crippen molar-refractivity contribution in [1.82, 2.24) is 0 Å². The van der Waals surface area contributed by atoms with E-state index in [9.17, 15) is 9.59 Å². The highest BCUT2D eigenvalue weighted by Gasteiger charge is 2.29. The number of hydrogen-bond acceptors (Lipinski definition) is 6. The van der Waals surface area contributed by atoms with Crippen LogP contribution in [0.15, 0.2) is 0 Å². The van der Waals surface area contributed by atoms with Crippen LogP contribution in [0.5, 0.6) is 11.5 Å². The number of aryl methyl sites for hydroxylation is 2. The number of thiophene rings is 1. The summed E-state index contributed by atoms with van der Waals surface area (Å²) in [6.45, 7) is 4.36. The van der Waals surface area contributed by atoms with E-state index < -0.39 is 18.2 Å². The number of nitrogens with zero attached hydrogens (tertiary/aromatic N) is 1. The minimum absolute atomic E-state index is 0.0486. The van der Waals surface area contributed by atoms with Crippen LogP contribution in [-0.4, -0.2) is 61.6 Å². The largest absolute Gasteiger partial charge is 0.481 e. The number of carbonyl (C=O) groups is 2. The lowest BCUT2D eigenvalue weighted by atomic mass is 10.3. The normalized spacial score (nSPS) is 17.0. The highest BCUT2D eigenvalue weighted by Crippen LogP contribution is 2.43. The van der Waals surface area contributed by atoms with Gasteiger partial charge in [0.2, 0.25) is 0 Å². The van der Waals surface area contributed by atoms with Gasteiger partial charge in [-0.2, -0.15) is 0 Å². The van der Waals surface area contributed by atoms with Gasteiger partial charge in [-0.05, 0) is 13.8 Å². The number of carboxylic acid groups (broad SMARTS) is 1. The fourth-order valence-electron chi connectivity index (χ4n) is 2.37. The molecule has 0 fully saturated rings. The maximum absolute atomic E-state index is 11.9. The lowest BCUT2D eigenvalue weighted by Crippen LogP contribution is -2.45. The Morgan fingerprint density at radius 1 is 1.30 bits per heavy atom. The standard InChI is InChI=1S/C15H21NO6S/c1-9-14-15(10(2)23-9)22-13(8-20-14)21-12(19)5-6-16(3,4)7-11(17)18/h13H,5-8H2,1-4H3/p+1. The van der Waals surface area contributed by atoms with Gasteiger partial charge in [-0.25, -0.2) is 4.79 Å². The molecule has 8 heteroatoms. The highest BCUT2D eigenvalue weighted by molar-refractivity contribution is 7.12. The van der Waals surface area contributed by atoms with Crippen molar-refractivity contribution in [2.75, 3.05) is 33.8 Å². The second-order valence-electron chi connectivity index (χ2n) is 6.18. The van der Waals surface area contributed by atoms with Crippen molar-refractivity contribution in [3.05, 3.63) is 9.75 Å². The lowest BCUT2D eigenvalue weighted by molar-refractivity contribution is -0.882. The zero-order valence-corrected chi connectivity index (χ0v) is 14.6. The van der Waals surface area contributed by atoms with E-state index >= 15 is 0 Å². The Balaban J connectivity index is 1.85. The van der Waals surface area contributed by atoms with Crippen LogP contribution < -0.4 is 9.47 Å². The zero-order valence-electron chi connectivity index (χ0n) is 13.7. The smallest absolute Gasteiger partial charge is 0.359 e. The summed E-state index contributed by atoms with van der Waals surface area (Å²) < 4.78 is 16.8. The molecule has 1 aromatic heterocycles. The monoisotopic (exact) mass is 344 g/mol. The molecule has 0 radical (unpaired) electrons. The van der Waals surface area contributed by atoms with E-state index in [1.54, 1.807) is 25.4 Å². The van der Waals surface area contributed by atoms with Gasteiger partial charge < -0.3 is 23.8 Å². The topological polar surface area (TPSA) is 82.1 Å². The van der Waals surface area contributed by atoms with Gasteiger partial charge in [-0.15, -0.1) is 11.3 Å². The third kappa shape index (κ3) is 4.59. The molecule has 1 atom stereocenters. The van der Waals surface area contributed by atoms with Gasteiger partial charge in [-0.3, -0.25) is 4.79 Å². The van der Waals surface area contributed by atoms with Crippen molar-refractivity contribution >= 4 is 23.3 Å². The van der Waals surface area contributed by atoms with Gasteiger partial charge in [0, 0.05) is 9.75 Å². The van der Waals surface area contributed by atoms with Gasteiger partial charge in [0.1, 0.15) is 0 Å². The number of fused-ring (bicyclic) bond motifs is 1. The van der Waals surface area contributed by atoms with Crippen molar-refractivity contribution in [1.29, 1.82) is 0 Å². The van der Waals surface area contributed by atoms with Crippen LogP contribution in [0.3, 0.4) is 0 Å². The van der Waals surface area contributed by atoms with Crippen LogP contribution in [0, 0.1) is 13.8 Å². The number of esters is 1. The van der Waals surface area contributed by atoms with E-state index in [4.69, 9.17) is 19.3 Å². The number of likely N-dealkylation sites (N-methyl/N-ethyl adjacent to an activating group) is 1. The summed E-state index contributed by atoms with van der Waals surface area (Å²) in [4.78, 5) is 24.7. The van der Waals surface area contributed by atoms with Crippen molar-refractivity contribution in [2.45, 2.75) is 26.6 Å². The summed E-state index contributed by atoms with van der Waals surface area (Å²) >= 11 is 1.58. The van der Waals surface area contributed by atoms with Gasteiger partial charge in [-0.1, -0.05) is 0 Å². The van der Waals surface area contributed by atoms with E-state index in [1.165, 1.54) is 0 Å². The number of ether oxygens (including phenoxy) is 3. The van der Waals surface area contributed by atoms with Gasteiger partial charge in [0.25, 0.3) is 6.29 Å². The van der Waals surface area contributed by atoms with Crippen LogP contribution in [0.2, 0.25) is 0 Å². The van der Waals surface area contributed by atoms with Crippen LogP contribution in [0.25, 0.3) is 0 Å². The average molecular weight is 344 g/mol. The Morgan fingerprint density at radius 2 is 1.96 bits per heavy atom. The van der Waals surface area contributed by atoms with Crippen molar-refractivity contribution in [3.8, 4) is 11.5 Å². The first kappa shape index (κ1) is 17.6. The molecule has 2 rings (SSSR count). The van der Waals surface area contributed by atoms with Crippen LogP contribution in [0.4, 0.5) is 0 Å². The van der Waals surface area contributed by atoms with Crippen molar-refractivity contribution in [2.24, 2.45) is 0 Å². The maximum Gasteiger partial charge on any atom is 0.359 e. The number of hydrogen-bond donors (Lipinski definition) is 1. The molecule has 0 aliphatic carbocycles. The van der Waals surface area contributed by atoms with E-state index in [2.05, 4.69) is 0 Å². The first-order valence-corrected chi connectivity index (χ1v) is 8.12. The molecule has 1 aromatic rings. The summed E-state index contributed by atoms with van der Waals surface area (Å²) in [7, 11) is 3.51. The number of carbonyl (C=O) groups excluding carboxylic acids is 1. The number of aliphatic carboxylic acids is 1. The number of quaternary nitrogens is 1. The van der Waals surface area contributed by atoms with E-state index in [0.29, 0.717) is 12.3 Å². The van der Waals surface area contributed by atoms with Gasteiger partial charge in [0.05, 0.1) is 27.1 Å². The quantitative estimate of drug-likeness (QED) is 0.623. The molecule has 7 nitrogen and oxygen atoms in total. The second kappa shape index (κ2) is 6.76. The third-order valence-corrected chi connectivity index (χ3v) is 4.50. The highest BCUT2D eigenvalue weighted by atomic mass is 32.1. The van der Waals surface area contributed by atoms with E-state index in [0.717, 1.165) is 15.5 Å². The summed E-state index contributed by atoms with van der Waals surface area (Å²) in [6.07, 6.45) is -0.646. The van der Waals surface area contributed by atoms with Crippen molar-refractivity contribution < 1.29 is 33.4 Å². The fourth-order valence-corrected chi connectivity index (χ4v) is 3.30. The minimum Gasteiger partial charge on any atom is -0.481 e. The maximum atomic E-state index is 11.9. The molecular weight excluding hydrogens is 322 g/mol. The molecule has 0 saturated heterocycles. The summed E-state index contributed by atoms with van der Waals surface area (Å²) in [5, 5.41) is 8.83. The molecule has 1 N–H and O–H groups in total. The Hall–Kier alpha value is -1.80. The first-order chi connectivity index (χ1) is 10.7. The Morgan fingerprint density at radius 3 is 2.61 bits per heavy atom. The molecule has 0 spiro atoms. The lowest BCUT2D eigenvalue weighted by Gasteiger charge is -2.28. The number of rotatable bonds is 6. The van der Waals surface area contributed by atoms with Gasteiger partial charge in [0.15, 0.2) is 24.7 Å². The van der Waals surface area contributed by atoms with Crippen molar-refractivity contribution in [3.63, 3.8) is 0 Å². The van der Waals surface area contributed by atoms with Crippen LogP contribution in [-0.2, 0) is 14.3 Å². The Bertz CT molecular complexity index is 609. The fraction of sp³-hybridized carbons (Fsp3) is 0.600. The SMILES string of the molecule is Cc1sc(C)c2c1OCC(OC(=O)CC[N+](C)(C)CC(=O)O)O2. The molecule has 23 heavy (non-hydrogen) atoms. The molecule has 1 unspecified atom stereocenters. The zero-order chi connectivity index (χ0) is 17.2. The predicted octanol–water partition coefficient (Wildman–Crippen LogP) is 1.56. The Labute approximate surface area is 139 Å². The summed E-state index contributed by atoms with van der Waals surface area (Å²) in [5.41, 5.74) is 0. The predicted molar refractivity (Wildman–Crippen MR) is 83.9 cm³/mol. The minimum atomic E-state index is -0.900. The van der Waals surface area contributed by atoms with Crippen LogP contribution >= 0.6 is 11.3 Å². The molecular formula is C15H22NO6S+. The summed E-state index contributed by atoms with van der Waals surface area (Å²) in [6, 6.07) is 0. The Kier molecular flexibility index (Phi) is 5.16. The first-order valence-electron chi connectivity index (χ1n) is 7.30. The second-order valence-corrected chi connectivity index (χ2v) is 7.61. The molecule has 1 aliphatic heterocycles.